The summed E-state index contributed by atoms with van der Waals surface area (Å²) in [5.41, 5.74) is 0.282. The first-order chi connectivity index (χ1) is 16.3. The molecule has 0 saturated carbocycles. The molecule has 0 aliphatic carbocycles. The van der Waals surface area contributed by atoms with Gasteiger partial charge in [0.2, 0.25) is 10.0 Å². The molecule has 12 heteroatoms. The third-order valence-corrected chi connectivity index (χ3v) is 6.22. The fourth-order valence-electron chi connectivity index (χ4n) is 3.29. The van der Waals surface area contributed by atoms with Crippen LogP contribution < -0.4 is 24.2 Å². The van der Waals surface area contributed by atoms with Crippen molar-refractivity contribution in [2.45, 2.75) is 17.9 Å². The van der Waals surface area contributed by atoms with Crippen molar-refractivity contribution in [2.75, 3.05) is 32.2 Å². The standard InChI is InChI=1S/C22H24N4O7S/c1-14(13-30-2)32-17-9-15(22(27)25-21-5-6-23-26-21)10-18(11-17)33-16-3-4-20-19(12-16)31-8-7-24-34(20,28)29/h3-6,9-12,14,24H,7-8,13H2,1-2H3,(H2,23,25,26,27)/t14-/m0/s1. The van der Waals surface area contributed by atoms with Crippen LogP contribution in [0.4, 0.5) is 5.82 Å². The van der Waals surface area contributed by atoms with E-state index >= 15 is 0 Å². The number of amides is 1. The Hall–Kier alpha value is -3.61. The smallest absolute Gasteiger partial charge is 0.257 e. The van der Waals surface area contributed by atoms with Gasteiger partial charge in [-0.2, -0.15) is 5.10 Å². The monoisotopic (exact) mass is 488 g/mol. The average Bonchev–Trinajstić information content (AvgIpc) is 3.24. The Bertz CT molecular complexity index is 1260. The summed E-state index contributed by atoms with van der Waals surface area (Å²) in [6.45, 7) is 2.54. The first-order valence-corrected chi connectivity index (χ1v) is 11.9. The van der Waals surface area contributed by atoms with E-state index in [-0.39, 0.29) is 35.5 Å². The number of fused-ring (bicyclic) bond motifs is 1. The normalized spacial score (nSPS) is 15.4. The second-order valence-corrected chi connectivity index (χ2v) is 9.19. The van der Waals surface area contributed by atoms with Crippen LogP contribution in [0, 0.1) is 0 Å². The van der Waals surface area contributed by atoms with Gasteiger partial charge in [-0.15, -0.1) is 0 Å². The lowest BCUT2D eigenvalue weighted by Crippen LogP contribution is -2.24. The number of hydrogen-bond acceptors (Lipinski definition) is 8. The van der Waals surface area contributed by atoms with Crippen molar-refractivity contribution in [3.8, 4) is 23.0 Å². The Kier molecular flexibility index (Phi) is 7.01. The summed E-state index contributed by atoms with van der Waals surface area (Å²) < 4.78 is 49.6. The fraction of sp³-hybridized carbons (Fsp3) is 0.273. The van der Waals surface area contributed by atoms with Crippen molar-refractivity contribution in [3.05, 3.63) is 54.2 Å². The molecule has 1 aliphatic heterocycles. The van der Waals surface area contributed by atoms with E-state index in [2.05, 4.69) is 20.2 Å². The van der Waals surface area contributed by atoms with Crippen LogP contribution in [0.3, 0.4) is 0 Å². The van der Waals surface area contributed by atoms with Crippen LogP contribution in [-0.2, 0) is 14.8 Å². The lowest BCUT2D eigenvalue weighted by molar-refractivity contribution is 0.0915. The third-order valence-electron chi connectivity index (χ3n) is 4.72. The zero-order valence-corrected chi connectivity index (χ0v) is 19.3. The van der Waals surface area contributed by atoms with Crippen LogP contribution >= 0.6 is 0 Å². The van der Waals surface area contributed by atoms with E-state index in [1.807, 2.05) is 6.92 Å². The summed E-state index contributed by atoms with van der Waals surface area (Å²) in [6.07, 6.45) is 1.24. The van der Waals surface area contributed by atoms with Gasteiger partial charge in [0.1, 0.15) is 46.4 Å². The number of nitrogens with zero attached hydrogens (tertiary/aromatic N) is 1. The molecule has 1 aliphatic rings. The third kappa shape index (κ3) is 5.65. The van der Waals surface area contributed by atoms with Gasteiger partial charge in [-0.3, -0.25) is 9.89 Å². The van der Waals surface area contributed by atoms with Crippen LogP contribution in [0.5, 0.6) is 23.0 Å². The van der Waals surface area contributed by atoms with Crippen molar-refractivity contribution >= 4 is 21.7 Å². The molecule has 0 radical (unpaired) electrons. The minimum absolute atomic E-state index is 0.0300. The maximum Gasteiger partial charge on any atom is 0.257 e. The summed E-state index contributed by atoms with van der Waals surface area (Å²) in [7, 11) is -2.09. The summed E-state index contributed by atoms with van der Waals surface area (Å²) >= 11 is 0. The number of anilines is 1. The van der Waals surface area contributed by atoms with Gasteiger partial charge in [0, 0.05) is 37.4 Å². The molecule has 3 aromatic rings. The molecule has 0 unspecified atom stereocenters. The molecule has 1 aromatic heterocycles. The number of benzene rings is 2. The molecule has 11 nitrogen and oxygen atoms in total. The SMILES string of the molecule is COC[C@H](C)Oc1cc(Oc2ccc3c(c2)OCCNS3(=O)=O)cc(C(=O)Nc2ccn[nH]2)c1. The van der Waals surface area contributed by atoms with Gasteiger partial charge in [-0.1, -0.05) is 0 Å². The average molecular weight is 489 g/mol. The lowest BCUT2D eigenvalue weighted by atomic mass is 10.2. The van der Waals surface area contributed by atoms with E-state index in [0.717, 1.165) is 0 Å². The van der Waals surface area contributed by atoms with Crippen LogP contribution in [0.2, 0.25) is 0 Å². The number of sulfonamides is 1. The van der Waals surface area contributed by atoms with Crippen molar-refractivity contribution in [1.29, 1.82) is 0 Å². The largest absolute Gasteiger partial charge is 0.491 e. The van der Waals surface area contributed by atoms with Gasteiger partial charge in [0.25, 0.3) is 5.91 Å². The Labute approximate surface area is 196 Å². The summed E-state index contributed by atoms with van der Waals surface area (Å²) in [5.74, 6) is 1.25. The maximum absolute atomic E-state index is 12.8. The van der Waals surface area contributed by atoms with Gasteiger partial charge in [-0.05, 0) is 31.2 Å². The predicted octanol–water partition coefficient (Wildman–Crippen LogP) is 2.54. The van der Waals surface area contributed by atoms with Crippen molar-refractivity contribution in [2.24, 2.45) is 0 Å². The van der Waals surface area contributed by atoms with Crippen LogP contribution in [0.1, 0.15) is 17.3 Å². The van der Waals surface area contributed by atoms with E-state index in [1.165, 1.54) is 24.4 Å². The number of H-pyrrole nitrogens is 1. The number of carbonyl (C=O) groups excluding carboxylic acids is 1. The minimum Gasteiger partial charge on any atom is -0.491 e. The number of nitrogens with one attached hydrogen (secondary N) is 3. The highest BCUT2D eigenvalue weighted by Crippen LogP contribution is 2.34. The predicted molar refractivity (Wildman–Crippen MR) is 122 cm³/mol. The number of ether oxygens (including phenoxy) is 4. The van der Waals surface area contributed by atoms with Gasteiger partial charge in [0.05, 0.1) is 12.8 Å². The van der Waals surface area contributed by atoms with E-state index in [1.54, 1.807) is 31.4 Å². The highest BCUT2D eigenvalue weighted by Gasteiger charge is 2.23. The molecule has 0 bridgehead atoms. The molecule has 0 saturated heterocycles. The highest BCUT2D eigenvalue weighted by molar-refractivity contribution is 7.89. The number of methoxy groups -OCH3 is 1. The van der Waals surface area contributed by atoms with Gasteiger partial charge in [0.15, 0.2) is 0 Å². The molecule has 180 valence electrons. The minimum atomic E-state index is -3.66. The van der Waals surface area contributed by atoms with Crippen LogP contribution in [-0.4, -0.2) is 57.5 Å². The second kappa shape index (κ2) is 10.1. The van der Waals surface area contributed by atoms with Crippen molar-refractivity contribution < 1.29 is 32.2 Å². The number of aromatic amines is 1. The Morgan fingerprint density at radius 1 is 1.18 bits per heavy atom. The molecule has 2 heterocycles. The summed E-state index contributed by atoms with van der Waals surface area (Å²) in [6, 6.07) is 10.8. The zero-order valence-electron chi connectivity index (χ0n) is 18.5. The molecule has 1 amide bonds. The van der Waals surface area contributed by atoms with Crippen molar-refractivity contribution in [1.82, 2.24) is 14.9 Å². The van der Waals surface area contributed by atoms with Gasteiger partial charge >= 0.3 is 0 Å². The zero-order chi connectivity index (χ0) is 24.1. The molecular weight excluding hydrogens is 464 g/mol. The molecule has 0 spiro atoms. The Morgan fingerprint density at radius 3 is 2.76 bits per heavy atom. The van der Waals surface area contributed by atoms with E-state index in [9.17, 15) is 13.2 Å². The number of hydrogen-bond donors (Lipinski definition) is 3. The Morgan fingerprint density at radius 2 is 2.00 bits per heavy atom. The molecular formula is C22H24N4O7S. The number of carbonyl (C=O) groups is 1. The van der Waals surface area contributed by atoms with Crippen LogP contribution in [0.25, 0.3) is 0 Å². The first kappa shape index (κ1) is 23.5. The number of aromatic nitrogens is 2. The van der Waals surface area contributed by atoms with E-state index < -0.39 is 15.9 Å². The topological polar surface area (TPSA) is 141 Å². The molecule has 2 aromatic carbocycles. The Balaban J connectivity index is 1.63. The molecule has 0 fully saturated rings. The first-order valence-electron chi connectivity index (χ1n) is 10.4. The highest BCUT2D eigenvalue weighted by atomic mass is 32.2. The molecule has 34 heavy (non-hydrogen) atoms. The van der Waals surface area contributed by atoms with Crippen LogP contribution in [0.15, 0.2) is 53.6 Å². The molecule has 4 rings (SSSR count). The maximum atomic E-state index is 12.8. The second-order valence-electron chi connectivity index (χ2n) is 7.46. The van der Waals surface area contributed by atoms with E-state index in [4.69, 9.17) is 18.9 Å². The summed E-state index contributed by atoms with van der Waals surface area (Å²) in [4.78, 5) is 12.8. The molecule has 3 N–H and O–H groups in total. The van der Waals surface area contributed by atoms with E-state index in [0.29, 0.717) is 29.7 Å². The molecule has 1 atom stereocenters. The van der Waals surface area contributed by atoms with Crippen molar-refractivity contribution in [3.63, 3.8) is 0 Å². The van der Waals surface area contributed by atoms with Gasteiger partial charge in [-0.25, -0.2) is 13.1 Å². The fourth-order valence-corrected chi connectivity index (χ4v) is 4.43. The lowest BCUT2D eigenvalue weighted by Gasteiger charge is -2.16. The number of rotatable bonds is 8. The quantitative estimate of drug-likeness (QED) is 0.439. The summed E-state index contributed by atoms with van der Waals surface area (Å²) in [5, 5.41) is 9.18. The van der Waals surface area contributed by atoms with Gasteiger partial charge < -0.3 is 24.3 Å².